The number of hydrogen-bond donors (Lipinski definition) is 1. The predicted octanol–water partition coefficient (Wildman–Crippen LogP) is 2.60. The molecule has 5 rings (SSSR count). The molecule has 0 bridgehead atoms. The smallest absolute Gasteiger partial charge is 0.253 e. The number of nitrogens with one attached hydrogen (secondary N) is 1. The molecule has 1 saturated heterocycles. The van der Waals surface area contributed by atoms with E-state index in [1.807, 2.05) is 35.4 Å². The van der Waals surface area contributed by atoms with Gasteiger partial charge in [0.05, 0.1) is 6.54 Å². The van der Waals surface area contributed by atoms with Gasteiger partial charge in [-0.05, 0) is 49.4 Å². The topological polar surface area (TPSA) is 70.5 Å². The van der Waals surface area contributed by atoms with Crippen molar-refractivity contribution in [3.8, 4) is 0 Å². The van der Waals surface area contributed by atoms with Gasteiger partial charge in [-0.25, -0.2) is 4.98 Å². The second-order valence-corrected chi connectivity index (χ2v) is 8.92. The van der Waals surface area contributed by atoms with Gasteiger partial charge in [0.1, 0.15) is 5.82 Å². The van der Waals surface area contributed by atoms with Crippen molar-refractivity contribution in [2.75, 3.05) is 25.0 Å². The Morgan fingerprint density at radius 2 is 1.80 bits per heavy atom. The molecule has 7 heteroatoms. The Labute approximate surface area is 177 Å². The van der Waals surface area contributed by atoms with Crippen LogP contribution in [0, 0.1) is 11.8 Å². The summed E-state index contributed by atoms with van der Waals surface area (Å²) in [6, 6.07) is 7.83. The maximum atomic E-state index is 12.9. The summed E-state index contributed by atoms with van der Waals surface area (Å²) in [5, 5.41) is 2.95. The van der Waals surface area contributed by atoms with Crippen LogP contribution in [0.4, 0.5) is 5.69 Å². The van der Waals surface area contributed by atoms with Gasteiger partial charge in [-0.3, -0.25) is 14.5 Å². The molecule has 2 aromatic rings. The number of likely N-dealkylation sites (tertiary alicyclic amines) is 1. The van der Waals surface area contributed by atoms with E-state index in [4.69, 9.17) is 0 Å². The van der Waals surface area contributed by atoms with Crippen molar-refractivity contribution >= 4 is 17.5 Å². The third kappa shape index (κ3) is 3.86. The molecule has 1 aromatic heterocycles. The minimum atomic E-state index is 0.0799. The number of imidazole rings is 1. The molecule has 3 heterocycles. The summed E-state index contributed by atoms with van der Waals surface area (Å²) < 4.78 is 2.23. The number of aromatic nitrogens is 2. The molecule has 1 aromatic carbocycles. The molecule has 1 aliphatic carbocycles. The highest BCUT2D eigenvalue weighted by Gasteiger charge is 2.39. The first kappa shape index (κ1) is 19.3. The van der Waals surface area contributed by atoms with Gasteiger partial charge in [0.2, 0.25) is 5.91 Å². The van der Waals surface area contributed by atoms with Gasteiger partial charge in [0.25, 0.3) is 5.91 Å². The molecule has 1 saturated carbocycles. The van der Waals surface area contributed by atoms with Gasteiger partial charge < -0.3 is 14.8 Å². The van der Waals surface area contributed by atoms with Crippen LogP contribution in [0.25, 0.3) is 0 Å². The Kier molecular flexibility index (Phi) is 5.06. The summed E-state index contributed by atoms with van der Waals surface area (Å²) in [6.45, 7) is 6.61. The lowest BCUT2D eigenvalue weighted by molar-refractivity contribution is -0.117. The van der Waals surface area contributed by atoms with Crippen molar-refractivity contribution in [2.24, 2.45) is 11.8 Å². The van der Waals surface area contributed by atoms with Crippen molar-refractivity contribution in [3.63, 3.8) is 0 Å². The maximum absolute atomic E-state index is 12.9. The first-order valence-electron chi connectivity index (χ1n) is 11.0. The Hall–Kier alpha value is -2.67. The van der Waals surface area contributed by atoms with Crippen molar-refractivity contribution in [1.82, 2.24) is 19.4 Å². The summed E-state index contributed by atoms with van der Waals surface area (Å²) in [5.41, 5.74) is 1.45. The molecule has 30 heavy (non-hydrogen) atoms. The van der Waals surface area contributed by atoms with E-state index in [1.54, 1.807) is 0 Å². The molecule has 3 aliphatic rings. The number of amides is 2. The number of benzene rings is 1. The van der Waals surface area contributed by atoms with E-state index in [0.29, 0.717) is 17.5 Å². The molecule has 2 atom stereocenters. The van der Waals surface area contributed by atoms with Gasteiger partial charge in [-0.15, -0.1) is 0 Å². The lowest BCUT2D eigenvalue weighted by Crippen LogP contribution is -2.48. The number of carbonyl (C=O) groups is 2. The SMILES string of the molecule is C[C@H]1C[C@@H]1C(=O)Nc1ccc(C(=O)N2CCC(N3CCn4ccnc4C3)CC2)cc1. The van der Waals surface area contributed by atoms with E-state index in [9.17, 15) is 9.59 Å². The number of carbonyl (C=O) groups excluding carboxylic acids is 2. The van der Waals surface area contributed by atoms with Crippen LogP contribution in [0.2, 0.25) is 0 Å². The summed E-state index contributed by atoms with van der Waals surface area (Å²) in [4.78, 5) is 33.9. The zero-order valence-corrected chi connectivity index (χ0v) is 17.5. The minimum absolute atomic E-state index is 0.0799. The van der Waals surface area contributed by atoms with E-state index >= 15 is 0 Å². The number of hydrogen-bond acceptors (Lipinski definition) is 4. The zero-order chi connectivity index (χ0) is 20.7. The number of anilines is 1. The molecule has 1 N–H and O–H groups in total. The number of nitrogens with zero attached hydrogens (tertiary/aromatic N) is 4. The quantitative estimate of drug-likeness (QED) is 0.846. The van der Waals surface area contributed by atoms with Crippen LogP contribution in [0.3, 0.4) is 0 Å². The fraction of sp³-hybridized carbons (Fsp3) is 0.522. The first-order chi connectivity index (χ1) is 14.6. The molecule has 7 nitrogen and oxygen atoms in total. The second-order valence-electron chi connectivity index (χ2n) is 8.92. The lowest BCUT2D eigenvalue weighted by Gasteiger charge is -2.40. The largest absolute Gasteiger partial charge is 0.339 e. The van der Waals surface area contributed by atoms with E-state index in [1.165, 1.54) is 0 Å². The predicted molar refractivity (Wildman–Crippen MR) is 114 cm³/mol. The van der Waals surface area contributed by atoms with Crippen LogP contribution >= 0.6 is 0 Å². The van der Waals surface area contributed by atoms with Gasteiger partial charge in [0, 0.05) is 61.8 Å². The van der Waals surface area contributed by atoms with Crippen LogP contribution in [0.1, 0.15) is 42.4 Å². The molecule has 0 unspecified atom stereocenters. The fourth-order valence-electron chi connectivity index (χ4n) is 4.74. The Morgan fingerprint density at radius 1 is 1.07 bits per heavy atom. The standard InChI is InChI=1S/C23H29N5O2/c1-16-14-20(16)22(29)25-18-4-2-17(3-5-18)23(30)27-9-6-19(7-10-27)28-13-12-26-11-8-24-21(26)15-28/h2-5,8,11,16,19-20H,6-7,9-10,12-15H2,1H3,(H,25,29)/t16-,20-/m0/s1. The fourth-order valence-corrected chi connectivity index (χ4v) is 4.74. The van der Waals surface area contributed by atoms with Gasteiger partial charge in [-0.1, -0.05) is 6.92 Å². The summed E-state index contributed by atoms with van der Waals surface area (Å²) in [6.07, 6.45) is 6.90. The molecule has 158 valence electrons. The van der Waals surface area contributed by atoms with Crippen LogP contribution in [0.5, 0.6) is 0 Å². The van der Waals surface area contributed by atoms with E-state index in [2.05, 4.69) is 32.9 Å². The minimum Gasteiger partial charge on any atom is -0.339 e. The van der Waals surface area contributed by atoms with Gasteiger partial charge in [-0.2, -0.15) is 0 Å². The second kappa shape index (κ2) is 7.87. The summed E-state index contributed by atoms with van der Waals surface area (Å²) in [7, 11) is 0. The maximum Gasteiger partial charge on any atom is 0.253 e. The normalized spacial score (nSPS) is 24.4. The van der Waals surface area contributed by atoms with Crippen molar-refractivity contribution < 1.29 is 9.59 Å². The number of piperidine rings is 1. The third-order valence-corrected chi connectivity index (χ3v) is 6.89. The molecular formula is C23H29N5O2. The highest BCUT2D eigenvalue weighted by atomic mass is 16.2. The van der Waals surface area contributed by atoms with E-state index in [-0.39, 0.29) is 17.7 Å². The average Bonchev–Trinajstić information content (AvgIpc) is 3.33. The summed E-state index contributed by atoms with van der Waals surface area (Å²) in [5.74, 6) is 1.94. The Bertz CT molecular complexity index is 929. The summed E-state index contributed by atoms with van der Waals surface area (Å²) >= 11 is 0. The first-order valence-corrected chi connectivity index (χ1v) is 11.0. The van der Waals surface area contributed by atoms with Gasteiger partial charge in [0.15, 0.2) is 0 Å². The third-order valence-electron chi connectivity index (χ3n) is 6.89. The van der Waals surface area contributed by atoms with Crippen molar-refractivity contribution in [3.05, 3.63) is 48.0 Å². The number of fused-ring (bicyclic) bond motifs is 1. The molecule has 2 fully saturated rings. The highest BCUT2D eigenvalue weighted by Crippen LogP contribution is 2.38. The van der Waals surface area contributed by atoms with Crippen LogP contribution < -0.4 is 5.32 Å². The monoisotopic (exact) mass is 407 g/mol. The van der Waals surface area contributed by atoms with E-state index < -0.39 is 0 Å². The lowest BCUT2D eigenvalue weighted by atomic mass is 10.0. The Balaban J connectivity index is 1.13. The van der Waals surface area contributed by atoms with Gasteiger partial charge >= 0.3 is 0 Å². The van der Waals surface area contributed by atoms with Crippen LogP contribution in [-0.2, 0) is 17.9 Å². The van der Waals surface area contributed by atoms with Crippen LogP contribution in [0.15, 0.2) is 36.7 Å². The Morgan fingerprint density at radius 3 is 2.50 bits per heavy atom. The zero-order valence-electron chi connectivity index (χ0n) is 17.5. The molecule has 0 spiro atoms. The van der Waals surface area contributed by atoms with E-state index in [0.717, 1.165) is 63.5 Å². The van der Waals surface area contributed by atoms with Crippen molar-refractivity contribution in [2.45, 2.75) is 45.3 Å². The number of rotatable bonds is 4. The molecular weight excluding hydrogens is 378 g/mol. The molecule has 0 radical (unpaired) electrons. The van der Waals surface area contributed by atoms with Crippen LogP contribution in [-0.4, -0.2) is 56.8 Å². The average molecular weight is 408 g/mol. The molecule has 2 aliphatic heterocycles. The highest BCUT2D eigenvalue weighted by molar-refractivity contribution is 5.97. The van der Waals surface area contributed by atoms with Crippen molar-refractivity contribution in [1.29, 1.82) is 0 Å². The molecule has 2 amide bonds.